The molecule has 0 amide bonds. The minimum Gasteiger partial charge on any atom is -0.352 e. The predicted molar refractivity (Wildman–Crippen MR) is 72.2 cm³/mol. The van der Waals surface area contributed by atoms with Crippen LogP contribution in [0.3, 0.4) is 0 Å². The Hall–Kier alpha value is -1.48. The van der Waals surface area contributed by atoms with Crippen LogP contribution < -0.4 is 5.32 Å². The number of nitrogens with zero attached hydrogens (tertiary/aromatic N) is 2. The number of hydrogen-bond donors (Lipinski definition) is 1. The van der Waals surface area contributed by atoms with Gasteiger partial charge in [-0.1, -0.05) is 17.7 Å². The maximum absolute atomic E-state index is 6.10. The molecule has 0 fully saturated rings. The Morgan fingerprint density at radius 3 is 2.53 bits per heavy atom. The first-order valence-electron chi connectivity index (χ1n) is 5.53. The SMILES string of the molecule is Cc1nn(C)c(C)c1Nc1cccc(Cl)c1C. The number of aromatic nitrogens is 2. The molecule has 0 aliphatic heterocycles. The van der Waals surface area contributed by atoms with Gasteiger partial charge in [-0.15, -0.1) is 0 Å². The normalized spacial score (nSPS) is 10.6. The molecule has 1 heterocycles. The second-order valence-electron chi connectivity index (χ2n) is 4.21. The molecule has 0 radical (unpaired) electrons. The van der Waals surface area contributed by atoms with Crippen molar-refractivity contribution in [3.63, 3.8) is 0 Å². The van der Waals surface area contributed by atoms with E-state index >= 15 is 0 Å². The van der Waals surface area contributed by atoms with Crippen molar-refractivity contribution in [2.24, 2.45) is 7.05 Å². The third kappa shape index (κ3) is 2.15. The maximum Gasteiger partial charge on any atom is 0.0831 e. The first kappa shape index (κ1) is 12.0. The molecule has 4 heteroatoms. The molecule has 0 unspecified atom stereocenters. The van der Waals surface area contributed by atoms with Crippen molar-refractivity contribution in [2.75, 3.05) is 5.32 Å². The lowest BCUT2D eigenvalue weighted by Gasteiger charge is -2.10. The number of aryl methyl sites for hydroxylation is 2. The van der Waals surface area contributed by atoms with Crippen molar-refractivity contribution in [3.8, 4) is 0 Å². The van der Waals surface area contributed by atoms with Gasteiger partial charge in [0.25, 0.3) is 0 Å². The summed E-state index contributed by atoms with van der Waals surface area (Å²) in [5.74, 6) is 0. The quantitative estimate of drug-likeness (QED) is 0.879. The molecular weight excluding hydrogens is 234 g/mol. The summed E-state index contributed by atoms with van der Waals surface area (Å²) in [6, 6.07) is 5.86. The lowest BCUT2D eigenvalue weighted by Crippen LogP contribution is -1.97. The number of nitrogens with one attached hydrogen (secondary N) is 1. The first-order chi connectivity index (χ1) is 8.00. The predicted octanol–water partition coefficient (Wildman–Crippen LogP) is 3.74. The van der Waals surface area contributed by atoms with E-state index in [-0.39, 0.29) is 0 Å². The third-order valence-corrected chi connectivity index (χ3v) is 3.45. The number of benzene rings is 1. The molecule has 1 aromatic carbocycles. The van der Waals surface area contributed by atoms with E-state index in [1.54, 1.807) is 0 Å². The van der Waals surface area contributed by atoms with Crippen LogP contribution in [0.4, 0.5) is 11.4 Å². The van der Waals surface area contributed by atoms with E-state index in [2.05, 4.69) is 10.4 Å². The Morgan fingerprint density at radius 2 is 1.94 bits per heavy atom. The van der Waals surface area contributed by atoms with Crippen LogP contribution in [0, 0.1) is 20.8 Å². The minimum absolute atomic E-state index is 0.772. The van der Waals surface area contributed by atoms with Gasteiger partial charge in [0.1, 0.15) is 0 Å². The molecule has 1 N–H and O–H groups in total. The van der Waals surface area contributed by atoms with Gasteiger partial charge in [-0.2, -0.15) is 5.10 Å². The minimum atomic E-state index is 0.772. The third-order valence-electron chi connectivity index (χ3n) is 3.04. The van der Waals surface area contributed by atoms with Gasteiger partial charge in [0, 0.05) is 17.8 Å². The van der Waals surface area contributed by atoms with Crippen LogP contribution in [0.2, 0.25) is 5.02 Å². The molecule has 0 saturated heterocycles. The van der Waals surface area contributed by atoms with Crippen LogP contribution >= 0.6 is 11.6 Å². The van der Waals surface area contributed by atoms with Gasteiger partial charge in [0.05, 0.1) is 17.1 Å². The fourth-order valence-electron chi connectivity index (χ4n) is 1.83. The lowest BCUT2D eigenvalue weighted by atomic mass is 10.2. The zero-order valence-electron chi connectivity index (χ0n) is 10.5. The zero-order chi connectivity index (χ0) is 12.6. The Morgan fingerprint density at radius 1 is 1.24 bits per heavy atom. The monoisotopic (exact) mass is 249 g/mol. The lowest BCUT2D eigenvalue weighted by molar-refractivity contribution is 0.731. The summed E-state index contributed by atoms with van der Waals surface area (Å²) >= 11 is 6.10. The van der Waals surface area contributed by atoms with E-state index in [0.717, 1.165) is 33.3 Å². The highest BCUT2D eigenvalue weighted by Gasteiger charge is 2.10. The molecule has 0 bridgehead atoms. The van der Waals surface area contributed by atoms with E-state index in [1.807, 2.05) is 50.7 Å². The second-order valence-corrected chi connectivity index (χ2v) is 4.61. The molecule has 0 saturated carbocycles. The van der Waals surface area contributed by atoms with Gasteiger partial charge in [-0.05, 0) is 38.5 Å². The summed E-state index contributed by atoms with van der Waals surface area (Å²) in [7, 11) is 1.94. The smallest absolute Gasteiger partial charge is 0.0831 e. The van der Waals surface area contributed by atoms with E-state index in [1.165, 1.54) is 0 Å². The maximum atomic E-state index is 6.10. The van der Waals surface area contributed by atoms with Crippen LogP contribution in [0.1, 0.15) is 17.0 Å². The summed E-state index contributed by atoms with van der Waals surface area (Å²) in [6.07, 6.45) is 0. The van der Waals surface area contributed by atoms with Gasteiger partial charge in [-0.25, -0.2) is 0 Å². The van der Waals surface area contributed by atoms with Crippen molar-refractivity contribution in [1.82, 2.24) is 9.78 Å². The summed E-state index contributed by atoms with van der Waals surface area (Å²) in [6.45, 7) is 6.04. The zero-order valence-corrected chi connectivity index (χ0v) is 11.3. The highest BCUT2D eigenvalue weighted by atomic mass is 35.5. The molecule has 0 aliphatic carbocycles. The molecule has 0 spiro atoms. The summed E-state index contributed by atoms with van der Waals surface area (Å²) in [4.78, 5) is 0. The van der Waals surface area contributed by atoms with Crippen LogP contribution in [-0.4, -0.2) is 9.78 Å². The van der Waals surface area contributed by atoms with Crippen LogP contribution in [0.5, 0.6) is 0 Å². The summed E-state index contributed by atoms with van der Waals surface area (Å²) in [5, 5.41) is 8.56. The molecule has 0 aliphatic rings. The molecule has 1 aromatic heterocycles. The van der Waals surface area contributed by atoms with Crippen molar-refractivity contribution in [1.29, 1.82) is 0 Å². The second kappa shape index (κ2) is 4.41. The number of hydrogen-bond acceptors (Lipinski definition) is 2. The Balaban J connectivity index is 2.41. The molecule has 90 valence electrons. The topological polar surface area (TPSA) is 29.9 Å². The highest BCUT2D eigenvalue weighted by molar-refractivity contribution is 6.31. The Kier molecular flexibility index (Phi) is 3.11. The standard InChI is InChI=1S/C13H16ClN3/c1-8-11(14)6-5-7-12(8)15-13-9(2)16-17(4)10(13)3/h5-7,15H,1-4H3. The van der Waals surface area contributed by atoms with Crippen LogP contribution in [0.15, 0.2) is 18.2 Å². The van der Waals surface area contributed by atoms with Crippen LogP contribution in [0.25, 0.3) is 0 Å². The molecule has 2 rings (SSSR count). The highest BCUT2D eigenvalue weighted by Crippen LogP contribution is 2.28. The summed E-state index contributed by atoms with van der Waals surface area (Å²) < 4.78 is 1.87. The summed E-state index contributed by atoms with van der Waals surface area (Å²) in [5.41, 5.74) is 5.23. The molecule has 2 aromatic rings. The van der Waals surface area contributed by atoms with Crippen molar-refractivity contribution >= 4 is 23.0 Å². The van der Waals surface area contributed by atoms with E-state index < -0.39 is 0 Å². The molecular formula is C13H16ClN3. The van der Waals surface area contributed by atoms with Crippen molar-refractivity contribution in [2.45, 2.75) is 20.8 Å². The first-order valence-corrected chi connectivity index (χ1v) is 5.91. The molecule has 0 atom stereocenters. The largest absolute Gasteiger partial charge is 0.352 e. The van der Waals surface area contributed by atoms with E-state index in [9.17, 15) is 0 Å². The van der Waals surface area contributed by atoms with Crippen molar-refractivity contribution in [3.05, 3.63) is 40.2 Å². The van der Waals surface area contributed by atoms with Gasteiger partial charge in [0.15, 0.2) is 0 Å². The van der Waals surface area contributed by atoms with Crippen molar-refractivity contribution < 1.29 is 0 Å². The fraction of sp³-hybridized carbons (Fsp3) is 0.308. The van der Waals surface area contributed by atoms with Gasteiger partial charge in [0.2, 0.25) is 0 Å². The Labute approximate surface area is 106 Å². The van der Waals surface area contributed by atoms with Gasteiger partial charge in [-0.3, -0.25) is 4.68 Å². The fourth-order valence-corrected chi connectivity index (χ4v) is 2.01. The Bertz CT molecular complexity index is 558. The van der Waals surface area contributed by atoms with Gasteiger partial charge < -0.3 is 5.32 Å². The molecule has 3 nitrogen and oxygen atoms in total. The van der Waals surface area contributed by atoms with Crippen LogP contribution in [-0.2, 0) is 7.05 Å². The number of anilines is 2. The average Bonchev–Trinajstić information content (AvgIpc) is 2.51. The molecule has 17 heavy (non-hydrogen) atoms. The average molecular weight is 250 g/mol. The number of halogens is 1. The van der Waals surface area contributed by atoms with E-state index in [4.69, 9.17) is 11.6 Å². The van der Waals surface area contributed by atoms with Gasteiger partial charge >= 0.3 is 0 Å². The number of rotatable bonds is 2. The van der Waals surface area contributed by atoms with E-state index in [0.29, 0.717) is 0 Å².